The summed E-state index contributed by atoms with van der Waals surface area (Å²) in [5.74, 6) is 0.954. The topological polar surface area (TPSA) is 73.6 Å². The molecule has 1 amide bonds. The van der Waals surface area contributed by atoms with E-state index < -0.39 is 11.9 Å². The molecule has 0 aromatic heterocycles. The average molecular weight is 252 g/mol. The predicted octanol–water partition coefficient (Wildman–Crippen LogP) is 0.927. The van der Waals surface area contributed by atoms with E-state index in [9.17, 15) is 4.79 Å². The van der Waals surface area contributed by atoms with Gasteiger partial charge in [-0.3, -0.25) is 4.79 Å². The van der Waals surface area contributed by atoms with Crippen molar-refractivity contribution < 1.29 is 14.3 Å². The number of carbonyl (C=O) groups is 1. The SMILES string of the molecule is CCCNC(COc1cccc(OC)c1)C(N)=O. The highest BCUT2D eigenvalue weighted by Crippen LogP contribution is 2.18. The molecule has 0 bridgehead atoms. The standard InChI is InChI=1S/C13H20N2O3/c1-3-7-15-12(13(14)16)9-18-11-6-4-5-10(8-11)17-2/h4-6,8,12,15H,3,7,9H2,1-2H3,(H2,14,16). The van der Waals surface area contributed by atoms with Crippen molar-refractivity contribution in [2.45, 2.75) is 19.4 Å². The van der Waals surface area contributed by atoms with E-state index in [1.54, 1.807) is 19.2 Å². The minimum absolute atomic E-state index is 0.211. The molecule has 1 aromatic carbocycles. The minimum Gasteiger partial charge on any atom is -0.497 e. The Morgan fingerprint density at radius 3 is 2.78 bits per heavy atom. The quantitative estimate of drug-likeness (QED) is 0.721. The number of hydrogen-bond donors (Lipinski definition) is 2. The first-order valence-electron chi connectivity index (χ1n) is 5.97. The van der Waals surface area contributed by atoms with Crippen LogP contribution in [0, 0.1) is 0 Å². The van der Waals surface area contributed by atoms with E-state index in [4.69, 9.17) is 15.2 Å². The summed E-state index contributed by atoms with van der Waals surface area (Å²) in [6, 6.07) is 6.75. The van der Waals surface area contributed by atoms with Gasteiger partial charge in [0.05, 0.1) is 7.11 Å². The van der Waals surface area contributed by atoms with Crippen molar-refractivity contribution in [2.75, 3.05) is 20.3 Å². The van der Waals surface area contributed by atoms with E-state index in [0.29, 0.717) is 11.5 Å². The van der Waals surface area contributed by atoms with E-state index in [2.05, 4.69) is 5.32 Å². The summed E-state index contributed by atoms with van der Waals surface area (Å²) >= 11 is 0. The fourth-order valence-corrected chi connectivity index (χ4v) is 1.43. The second-order valence-electron chi connectivity index (χ2n) is 3.90. The lowest BCUT2D eigenvalue weighted by Gasteiger charge is -2.16. The number of amides is 1. The maximum atomic E-state index is 11.2. The van der Waals surface area contributed by atoms with Gasteiger partial charge in [0.15, 0.2) is 0 Å². The van der Waals surface area contributed by atoms with Gasteiger partial charge in [-0.05, 0) is 25.1 Å². The summed E-state index contributed by atoms with van der Waals surface area (Å²) in [4.78, 5) is 11.2. The second kappa shape index (κ2) is 7.55. The maximum Gasteiger partial charge on any atom is 0.238 e. The lowest BCUT2D eigenvalue weighted by Crippen LogP contribution is -2.45. The molecular formula is C13H20N2O3. The molecule has 100 valence electrons. The molecule has 3 N–H and O–H groups in total. The lowest BCUT2D eigenvalue weighted by molar-refractivity contribution is -0.120. The van der Waals surface area contributed by atoms with Gasteiger partial charge in [-0.25, -0.2) is 0 Å². The largest absolute Gasteiger partial charge is 0.497 e. The Labute approximate surface area is 107 Å². The van der Waals surface area contributed by atoms with Crippen LogP contribution in [0.5, 0.6) is 11.5 Å². The Kier molecular flexibility index (Phi) is 6.00. The van der Waals surface area contributed by atoms with Crippen molar-refractivity contribution in [3.05, 3.63) is 24.3 Å². The zero-order chi connectivity index (χ0) is 13.4. The summed E-state index contributed by atoms with van der Waals surface area (Å²) in [5.41, 5.74) is 5.29. The third kappa shape index (κ3) is 4.63. The van der Waals surface area contributed by atoms with Crippen molar-refractivity contribution in [1.29, 1.82) is 0 Å². The molecule has 1 unspecified atom stereocenters. The van der Waals surface area contributed by atoms with E-state index >= 15 is 0 Å². The van der Waals surface area contributed by atoms with Crippen molar-refractivity contribution in [2.24, 2.45) is 5.73 Å². The molecular weight excluding hydrogens is 232 g/mol. The third-order valence-electron chi connectivity index (χ3n) is 2.44. The number of nitrogens with two attached hydrogens (primary N) is 1. The molecule has 0 radical (unpaired) electrons. The lowest BCUT2D eigenvalue weighted by atomic mass is 10.3. The van der Waals surface area contributed by atoms with Crippen molar-refractivity contribution in [1.82, 2.24) is 5.32 Å². The van der Waals surface area contributed by atoms with Crippen molar-refractivity contribution in [3.63, 3.8) is 0 Å². The van der Waals surface area contributed by atoms with Crippen molar-refractivity contribution >= 4 is 5.91 Å². The number of primary amides is 1. The molecule has 5 nitrogen and oxygen atoms in total. The summed E-state index contributed by atoms with van der Waals surface area (Å²) in [6.07, 6.45) is 0.933. The molecule has 1 aromatic rings. The van der Waals surface area contributed by atoms with Gasteiger partial charge in [0.25, 0.3) is 0 Å². The number of benzene rings is 1. The Bertz CT molecular complexity index is 382. The summed E-state index contributed by atoms with van der Waals surface area (Å²) in [7, 11) is 1.59. The number of hydrogen-bond acceptors (Lipinski definition) is 4. The Morgan fingerprint density at radius 1 is 1.44 bits per heavy atom. The van der Waals surface area contributed by atoms with E-state index in [1.165, 1.54) is 0 Å². The highest BCUT2D eigenvalue weighted by molar-refractivity contribution is 5.80. The maximum absolute atomic E-state index is 11.2. The molecule has 0 fully saturated rings. The molecule has 0 saturated heterocycles. The number of ether oxygens (including phenoxy) is 2. The smallest absolute Gasteiger partial charge is 0.238 e. The Morgan fingerprint density at radius 2 is 2.17 bits per heavy atom. The van der Waals surface area contributed by atoms with E-state index in [1.807, 2.05) is 19.1 Å². The van der Waals surface area contributed by atoms with E-state index in [0.717, 1.165) is 13.0 Å². The molecule has 1 rings (SSSR count). The van der Waals surface area contributed by atoms with E-state index in [-0.39, 0.29) is 6.61 Å². The predicted molar refractivity (Wildman–Crippen MR) is 69.8 cm³/mol. The number of methoxy groups -OCH3 is 1. The third-order valence-corrected chi connectivity index (χ3v) is 2.44. The summed E-state index contributed by atoms with van der Waals surface area (Å²) in [6.45, 7) is 2.96. The molecule has 1 atom stereocenters. The van der Waals surface area contributed by atoms with Gasteiger partial charge in [0.1, 0.15) is 24.1 Å². The molecule has 0 saturated carbocycles. The fraction of sp³-hybridized carbons (Fsp3) is 0.462. The minimum atomic E-state index is -0.476. The zero-order valence-corrected chi connectivity index (χ0v) is 10.8. The number of carbonyl (C=O) groups excluding carboxylic acids is 1. The van der Waals surface area contributed by atoms with Gasteiger partial charge in [0, 0.05) is 6.07 Å². The first-order chi connectivity index (χ1) is 8.67. The molecule has 0 heterocycles. The van der Waals surface area contributed by atoms with Crippen LogP contribution in [0.2, 0.25) is 0 Å². The normalized spacial score (nSPS) is 11.9. The summed E-state index contributed by atoms with van der Waals surface area (Å²) < 4.78 is 10.6. The first kappa shape index (κ1) is 14.3. The van der Waals surface area contributed by atoms with Crippen LogP contribution in [0.4, 0.5) is 0 Å². The molecule has 18 heavy (non-hydrogen) atoms. The molecule has 0 aliphatic carbocycles. The van der Waals surface area contributed by atoms with Gasteiger partial charge < -0.3 is 20.5 Å². The van der Waals surface area contributed by atoms with Crippen LogP contribution in [0.3, 0.4) is 0 Å². The first-order valence-corrected chi connectivity index (χ1v) is 5.97. The van der Waals surface area contributed by atoms with Gasteiger partial charge in [-0.2, -0.15) is 0 Å². The van der Waals surface area contributed by atoms with Gasteiger partial charge in [-0.1, -0.05) is 13.0 Å². The van der Waals surface area contributed by atoms with Crippen molar-refractivity contribution in [3.8, 4) is 11.5 Å². The number of rotatable bonds is 8. The monoisotopic (exact) mass is 252 g/mol. The van der Waals surface area contributed by atoms with Crippen LogP contribution in [-0.4, -0.2) is 32.2 Å². The van der Waals surface area contributed by atoms with Crippen LogP contribution < -0.4 is 20.5 Å². The van der Waals surface area contributed by atoms with Crippen LogP contribution >= 0.6 is 0 Å². The Hall–Kier alpha value is -1.75. The van der Waals surface area contributed by atoms with Gasteiger partial charge in [-0.15, -0.1) is 0 Å². The fourth-order valence-electron chi connectivity index (χ4n) is 1.43. The highest BCUT2D eigenvalue weighted by Gasteiger charge is 2.14. The van der Waals surface area contributed by atoms with Crippen LogP contribution in [0.1, 0.15) is 13.3 Å². The molecule has 0 spiro atoms. The highest BCUT2D eigenvalue weighted by atomic mass is 16.5. The second-order valence-corrected chi connectivity index (χ2v) is 3.90. The molecule has 5 heteroatoms. The van der Waals surface area contributed by atoms with Gasteiger partial charge in [0.2, 0.25) is 5.91 Å². The molecule has 0 aliphatic heterocycles. The van der Waals surface area contributed by atoms with Crippen LogP contribution in [0.15, 0.2) is 24.3 Å². The van der Waals surface area contributed by atoms with Gasteiger partial charge >= 0.3 is 0 Å². The average Bonchev–Trinajstić information content (AvgIpc) is 2.38. The molecule has 0 aliphatic rings. The Balaban J connectivity index is 2.52. The van der Waals surface area contributed by atoms with Crippen LogP contribution in [-0.2, 0) is 4.79 Å². The van der Waals surface area contributed by atoms with Crippen LogP contribution in [0.25, 0.3) is 0 Å². The summed E-state index contributed by atoms with van der Waals surface area (Å²) in [5, 5.41) is 3.04. The number of nitrogens with one attached hydrogen (secondary N) is 1. The zero-order valence-electron chi connectivity index (χ0n) is 10.8.